The zero-order valence-corrected chi connectivity index (χ0v) is 17.3. The van der Waals surface area contributed by atoms with Crippen LogP contribution in [0.3, 0.4) is 0 Å². The molecule has 1 fully saturated rings. The van der Waals surface area contributed by atoms with Gasteiger partial charge in [0.15, 0.2) is 9.84 Å². The van der Waals surface area contributed by atoms with Crippen LogP contribution in [0.25, 0.3) is 0 Å². The van der Waals surface area contributed by atoms with E-state index in [1.807, 2.05) is 4.90 Å². The first kappa shape index (κ1) is 21.1. The van der Waals surface area contributed by atoms with Gasteiger partial charge in [-0.1, -0.05) is 23.7 Å². The van der Waals surface area contributed by atoms with E-state index in [-0.39, 0.29) is 17.3 Å². The van der Waals surface area contributed by atoms with Crippen LogP contribution in [0.2, 0.25) is 5.02 Å². The maximum Gasteiger partial charge on any atom is 0.294 e. The molecule has 0 aliphatic carbocycles. The summed E-state index contributed by atoms with van der Waals surface area (Å²) in [5, 5.41) is 11.6. The molecule has 0 saturated carbocycles. The highest BCUT2D eigenvalue weighted by molar-refractivity contribution is 7.89. The van der Waals surface area contributed by atoms with E-state index >= 15 is 0 Å². The number of hydrogen-bond acceptors (Lipinski definition) is 6. The average Bonchev–Trinajstić information content (AvgIpc) is 2.66. The second-order valence-electron chi connectivity index (χ2n) is 6.94. The van der Waals surface area contributed by atoms with E-state index in [0.29, 0.717) is 48.0 Å². The number of carbonyl (C=O) groups is 1. The predicted octanol–water partition coefficient (Wildman–Crippen LogP) is 2.76. The third kappa shape index (κ3) is 5.24. The van der Waals surface area contributed by atoms with E-state index in [0.717, 1.165) is 6.26 Å². The van der Waals surface area contributed by atoms with Crippen molar-refractivity contribution in [2.24, 2.45) is 0 Å². The van der Waals surface area contributed by atoms with Crippen LogP contribution in [0.1, 0.15) is 15.9 Å². The lowest BCUT2D eigenvalue weighted by atomic mass is 10.1. The quantitative estimate of drug-likeness (QED) is 0.526. The molecule has 0 N–H and O–H groups in total. The number of rotatable bonds is 5. The average molecular weight is 438 g/mol. The van der Waals surface area contributed by atoms with Crippen molar-refractivity contribution in [3.63, 3.8) is 0 Å². The fourth-order valence-electron chi connectivity index (χ4n) is 3.34. The van der Waals surface area contributed by atoms with Crippen molar-refractivity contribution in [3.05, 3.63) is 68.7 Å². The summed E-state index contributed by atoms with van der Waals surface area (Å²) in [5.74, 6) is -0.312. The van der Waals surface area contributed by atoms with E-state index in [1.54, 1.807) is 41.3 Å². The molecule has 2 aromatic rings. The van der Waals surface area contributed by atoms with Crippen LogP contribution < -0.4 is 4.90 Å². The number of sulfone groups is 1. The fraction of sp³-hybridized carbons (Fsp3) is 0.316. The van der Waals surface area contributed by atoms with Crippen molar-refractivity contribution in [2.45, 2.75) is 5.75 Å². The van der Waals surface area contributed by atoms with E-state index in [1.165, 1.54) is 6.07 Å². The van der Waals surface area contributed by atoms with Gasteiger partial charge in [0.2, 0.25) is 0 Å². The standard InChI is InChI=1S/C19H20ClN3O5S/c1-29(27,28)13-14-3-2-4-15(11-14)19(24)22-9-7-21(8-10-22)17-6-5-16(20)12-18(17)23(25)26/h2-6,11-12H,7-10,13H2,1H3. The van der Waals surface area contributed by atoms with E-state index in [9.17, 15) is 23.3 Å². The zero-order valence-electron chi connectivity index (χ0n) is 15.7. The van der Waals surface area contributed by atoms with Crippen LogP contribution in [-0.2, 0) is 15.6 Å². The smallest absolute Gasteiger partial charge is 0.294 e. The molecule has 1 aliphatic heterocycles. The zero-order chi connectivity index (χ0) is 21.2. The number of halogens is 1. The number of carbonyl (C=O) groups excluding carboxylic acids is 1. The Bertz CT molecular complexity index is 1050. The second-order valence-corrected chi connectivity index (χ2v) is 9.52. The van der Waals surface area contributed by atoms with Gasteiger partial charge in [0, 0.05) is 49.1 Å². The summed E-state index contributed by atoms with van der Waals surface area (Å²) >= 11 is 5.87. The molecular weight excluding hydrogens is 418 g/mol. The van der Waals surface area contributed by atoms with Gasteiger partial charge in [-0.15, -0.1) is 0 Å². The molecule has 0 unspecified atom stereocenters. The molecule has 1 heterocycles. The lowest BCUT2D eigenvalue weighted by molar-refractivity contribution is -0.384. The monoisotopic (exact) mass is 437 g/mol. The third-order valence-electron chi connectivity index (χ3n) is 4.64. The SMILES string of the molecule is CS(=O)(=O)Cc1cccc(C(=O)N2CCN(c3ccc(Cl)cc3[N+](=O)[O-])CC2)c1. The van der Waals surface area contributed by atoms with E-state index in [4.69, 9.17) is 11.6 Å². The summed E-state index contributed by atoms with van der Waals surface area (Å²) in [7, 11) is -3.19. The Hall–Kier alpha value is -2.65. The number of piperazine rings is 1. The molecule has 0 atom stereocenters. The van der Waals surface area contributed by atoms with Crippen LogP contribution in [0.5, 0.6) is 0 Å². The number of amides is 1. The molecule has 1 aliphatic rings. The number of nitro benzene ring substituents is 1. The molecule has 0 radical (unpaired) electrons. The molecule has 0 aromatic heterocycles. The number of hydrogen-bond donors (Lipinski definition) is 0. The lowest BCUT2D eigenvalue weighted by Crippen LogP contribution is -2.49. The first-order valence-corrected chi connectivity index (χ1v) is 11.3. The van der Waals surface area contributed by atoms with Gasteiger partial charge in [0.1, 0.15) is 5.69 Å². The van der Waals surface area contributed by atoms with Crippen molar-refractivity contribution in [2.75, 3.05) is 37.3 Å². The summed E-state index contributed by atoms with van der Waals surface area (Å²) in [6.45, 7) is 1.68. The summed E-state index contributed by atoms with van der Waals surface area (Å²) in [5.41, 5.74) is 1.40. The molecule has 1 amide bonds. The Kier molecular flexibility index (Phi) is 6.09. The Balaban J connectivity index is 1.71. The molecule has 2 aromatic carbocycles. The van der Waals surface area contributed by atoms with Crippen LogP contribution in [-0.4, -0.2) is 56.6 Å². The summed E-state index contributed by atoms with van der Waals surface area (Å²) in [4.78, 5) is 27.2. The fourth-order valence-corrected chi connectivity index (χ4v) is 4.29. The van der Waals surface area contributed by atoms with Crippen molar-refractivity contribution in [3.8, 4) is 0 Å². The van der Waals surface area contributed by atoms with Crippen molar-refractivity contribution >= 4 is 38.7 Å². The molecular formula is C19H20ClN3O5S. The molecule has 10 heteroatoms. The van der Waals surface area contributed by atoms with Gasteiger partial charge in [0.25, 0.3) is 11.6 Å². The van der Waals surface area contributed by atoms with Crippen LogP contribution in [0.4, 0.5) is 11.4 Å². The van der Waals surface area contributed by atoms with Gasteiger partial charge in [0.05, 0.1) is 10.7 Å². The van der Waals surface area contributed by atoms with Crippen molar-refractivity contribution in [1.29, 1.82) is 0 Å². The van der Waals surface area contributed by atoms with Gasteiger partial charge < -0.3 is 9.80 Å². The number of benzene rings is 2. The van der Waals surface area contributed by atoms with Crippen LogP contribution >= 0.6 is 11.6 Å². The predicted molar refractivity (Wildman–Crippen MR) is 111 cm³/mol. The Morgan fingerprint density at radius 3 is 2.45 bits per heavy atom. The first-order valence-electron chi connectivity index (χ1n) is 8.89. The van der Waals surface area contributed by atoms with Gasteiger partial charge in [-0.2, -0.15) is 0 Å². The second kappa shape index (κ2) is 8.38. The normalized spacial score (nSPS) is 14.7. The highest BCUT2D eigenvalue weighted by Crippen LogP contribution is 2.31. The first-order chi connectivity index (χ1) is 13.6. The Morgan fingerprint density at radius 2 is 1.83 bits per heavy atom. The highest BCUT2D eigenvalue weighted by atomic mass is 35.5. The van der Waals surface area contributed by atoms with Gasteiger partial charge >= 0.3 is 0 Å². The van der Waals surface area contributed by atoms with Gasteiger partial charge in [-0.3, -0.25) is 14.9 Å². The summed E-state index contributed by atoms with van der Waals surface area (Å²) < 4.78 is 23.0. The molecule has 1 saturated heterocycles. The third-order valence-corrected chi connectivity index (χ3v) is 5.74. The topological polar surface area (TPSA) is 101 Å². The summed E-state index contributed by atoms with van der Waals surface area (Å²) in [6, 6.07) is 11.1. The van der Waals surface area contributed by atoms with Crippen molar-refractivity contribution in [1.82, 2.24) is 4.90 Å². The Labute approximate surface area is 173 Å². The number of nitrogens with zero attached hydrogens (tertiary/aromatic N) is 3. The van der Waals surface area contributed by atoms with E-state index in [2.05, 4.69) is 0 Å². The molecule has 0 bridgehead atoms. The van der Waals surface area contributed by atoms with Gasteiger partial charge in [-0.25, -0.2) is 8.42 Å². The maximum absolute atomic E-state index is 12.8. The Morgan fingerprint density at radius 1 is 1.14 bits per heavy atom. The minimum atomic E-state index is -3.19. The maximum atomic E-state index is 12.8. The number of nitro groups is 1. The molecule has 154 valence electrons. The minimum absolute atomic E-state index is 0.0641. The van der Waals surface area contributed by atoms with Crippen LogP contribution in [0.15, 0.2) is 42.5 Å². The largest absolute Gasteiger partial charge is 0.362 e. The van der Waals surface area contributed by atoms with Gasteiger partial charge in [-0.05, 0) is 29.8 Å². The minimum Gasteiger partial charge on any atom is -0.362 e. The molecule has 8 nitrogen and oxygen atoms in total. The van der Waals surface area contributed by atoms with Crippen molar-refractivity contribution < 1.29 is 18.1 Å². The van der Waals surface area contributed by atoms with Crippen LogP contribution in [0, 0.1) is 10.1 Å². The molecule has 0 spiro atoms. The lowest BCUT2D eigenvalue weighted by Gasteiger charge is -2.36. The van der Waals surface area contributed by atoms with E-state index < -0.39 is 14.8 Å². The molecule has 29 heavy (non-hydrogen) atoms. The highest BCUT2D eigenvalue weighted by Gasteiger charge is 2.26. The summed E-state index contributed by atoms with van der Waals surface area (Å²) in [6.07, 6.45) is 1.15. The molecule has 3 rings (SSSR count). The number of anilines is 1.